The average molecular weight is 274 g/mol. The molecule has 1 rings (SSSR count). The molecule has 3 N–H and O–H groups in total. The monoisotopic (exact) mass is 274 g/mol. The molecule has 0 aliphatic heterocycles. The maximum Gasteiger partial charge on any atom is 0.510 e. The van der Waals surface area contributed by atoms with Crippen molar-refractivity contribution in [3.05, 3.63) is 0 Å². The van der Waals surface area contributed by atoms with Crippen molar-refractivity contribution >= 4 is 6.16 Å². The molecule has 0 aromatic heterocycles. The maximum atomic E-state index is 10.3. The van der Waals surface area contributed by atoms with Gasteiger partial charge in [-0.25, -0.2) is 4.79 Å². The van der Waals surface area contributed by atoms with Gasteiger partial charge < -0.3 is 20.1 Å². The Balaban J connectivity index is 2.43. The first-order valence-electron chi connectivity index (χ1n) is 7.00. The van der Waals surface area contributed by atoms with Crippen molar-refractivity contribution in [3.63, 3.8) is 0 Å². The van der Waals surface area contributed by atoms with E-state index in [0.717, 1.165) is 31.6 Å². The van der Waals surface area contributed by atoms with Crippen molar-refractivity contribution in [2.45, 2.75) is 65.3 Å². The predicted octanol–water partition coefficient (Wildman–Crippen LogP) is 2.95. The van der Waals surface area contributed by atoms with Crippen LogP contribution in [0, 0.1) is 17.3 Å². The highest BCUT2D eigenvalue weighted by Crippen LogP contribution is 2.44. The number of aliphatic hydroxyl groups is 2. The van der Waals surface area contributed by atoms with Crippen LogP contribution in [0.2, 0.25) is 0 Å². The zero-order valence-corrected chi connectivity index (χ0v) is 12.1. The fraction of sp³-hybridized carbons (Fsp3) is 0.929. The van der Waals surface area contributed by atoms with Crippen LogP contribution in [0.5, 0.6) is 0 Å². The van der Waals surface area contributed by atoms with Gasteiger partial charge in [-0.1, -0.05) is 20.8 Å². The number of rotatable bonds is 5. The smallest absolute Gasteiger partial charge is 0.450 e. The SMILES string of the molecule is CC(C)C1CCC(C)(CCC(O)(O)OC(=O)O)CC1. The Hall–Kier alpha value is -0.810. The van der Waals surface area contributed by atoms with Gasteiger partial charge in [0.05, 0.1) is 0 Å². The molecular weight excluding hydrogens is 248 g/mol. The van der Waals surface area contributed by atoms with E-state index >= 15 is 0 Å². The standard InChI is InChI=1S/C14H26O5/c1-10(2)11-4-6-13(3,7-5-11)8-9-14(17,18)19-12(15)16/h10-11,17-18H,4-9H2,1-3H3,(H,15,16). The summed E-state index contributed by atoms with van der Waals surface area (Å²) in [6, 6.07) is 0. The molecule has 0 aromatic rings. The van der Waals surface area contributed by atoms with E-state index in [4.69, 9.17) is 5.11 Å². The fourth-order valence-corrected chi connectivity index (χ4v) is 2.91. The molecule has 0 radical (unpaired) electrons. The quantitative estimate of drug-likeness (QED) is 0.530. The fourth-order valence-electron chi connectivity index (χ4n) is 2.91. The highest BCUT2D eigenvalue weighted by atomic mass is 16.8. The van der Waals surface area contributed by atoms with E-state index in [0.29, 0.717) is 12.3 Å². The predicted molar refractivity (Wildman–Crippen MR) is 70.4 cm³/mol. The summed E-state index contributed by atoms with van der Waals surface area (Å²) in [7, 11) is 0. The zero-order valence-electron chi connectivity index (χ0n) is 12.1. The van der Waals surface area contributed by atoms with Crippen LogP contribution >= 0.6 is 0 Å². The summed E-state index contributed by atoms with van der Waals surface area (Å²) < 4.78 is 4.06. The lowest BCUT2D eigenvalue weighted by Gasteiger charge is -2.39. The third-order valence-corrected chi connectivity index (χ3v) is 4.49. The topological polar surface area (TPSA) is 87.0 Å². The van der Waals surface area contributed by atoms with E-state index in [1.165, 1.54) is 0 Å². The molecule has 0 saturated heterocycles. The second-order valence-corrected chi connectivity index (χ2v) is 6.50. The van der Waals surface area contributed by atoms with E-state index in [2.05, 4.69) is 25.5 Å². The van der Waals surface area contributed by atoms with E-state index in [9.17, 15) is 15.0 Å². The highest BCUT2D eigenvalue weighted by molar-refractivity contribution is 5.57. The summed E-state index contributed by atoms with van der Waals surface area (Å²) in [6.45, 7) is 6.60. The molecule has 1 fully saturated rings. The summed E-state index contributed by atoms with van der Waals surface area (Å²) in [5.74, 6) is -1.13. The third-order valence-electron chi connectivity index (χ3n) is 4.49. The average Bonchev–Trinajstić information content (AvgIpc) is 2.26. The van der Waals surface area contributed by atoms with Crippen LogP contribution in [0.4, 0.5) is 4.79 Å². The first kappa shape index (κ1) is 16.2. The van der Waals surface area contributed by atoms with Crippen molar-refractivity contribution in [2.75, 3.05) is 0 Å². The normalized spacial score (nSPS) is 28.4. The molecule has 112 valence electrons. The lowest BCUT2D eigenvalue weighted by molar-refractivity contribution is -0.318. The molecule has 0 unspecified atom stereocenters. The molecule has 1 aliphatic rings. The molecule has 1 aliphatic carbocycles. The number of hydrogen-bond acceptors (Lipinski definition) is 4. The molecule has 0 spiro atoms. The van der Waals surface area contributed by atoms with Crippen LogP contribution in [0.1, 0.15) is 59.3 Å². The number of carbonyl (C=O) groups is 1. The van der Waals surface area contributed by atoms with Gasteiger partial charge in [0.1, 0.15) is 0 Å². The summed E-state index contributed by atoms with van der Waals surface area (Å²) in [5.41, 5.74) is 0.0456. The van der Waals surface area contributed by atoms with Gasteiger partial charge in [-0.2, -0.15) is 0 Å². The van der Waals surface area contributed by atoms with Crippen molar-refractivity contribution in [3.8, 4) is 0 Å². The maximum absolute atomic E-state index is 10.3. The molecular formula is C14H26O5. The van der Waals surface area contributed by atoms with Gasteiger partial charge in [0.2, 0.25) is 0 Å². The Labute approximate surface area is 114 Å². The van der Waals surface area contributed by atoms with E-state index in [-0.39, 0.29) is 11.8 Å². The molecule has 19 heavy (non-hydrogen) atoms. The molecule has 1 saturated carbocycles. The Morgan fingerprint density at radius 1 is 1.37 bits per heavy atom. The lowest BCUT2D eigenvalue weighted by atomic mass is 9.67. The summed E-state index contributed by atoms with van der Waals surface area (Å²) in [5, 5.41) is 27.2. The van der Waals surface area contributed by atoms with Crippen LogP contribution in [0.15, 0.2) is 0 Å². The van der Waals surface area contributed by atoms with Gasteiger partial charge in [-0.05, 0) is 49.4 Å². The van der Waals surface area contributed by atoms with Gasteiger partial charge in [0.25, 0.3) is 0 Å². The minimum absolute atomic E-state index is 0.0456. The molecule has 0 amide bonds. The third kappa shape index (κ3) is 5.37. The molecule has 5 nitrogen and oxygen atoms in total. The van der Waals surface area contributed by atoms with Crippen LogP contribution in [-0.4, -0.2) is 27.4 Å². The van der Waals surface area contributed by atoms with E-state index in [1.807, 2.05) is 0 Å². The van der Waals surface area contributed by atoms with Gasteiger partial charge in [-0.3, -0.25) is 0 Å². The second-order valence-electron chi connectivity index (χ2n) is 6.50. The van der Waals surface area contributed by atoms with Crippen molar-refractivity contribution < 1.29 is 24.9 Å². The van der Waals surface area contributed by atoms with Crippen molar-refractivity contribution in [1.82, 2.24) is 0 Å². The van der Waals surface area contributed by atoms with Crippen LogP contribution in [0.25, 0.3) is 0 Å². The molecule has 5 heteroatoms. The van der Waals surface area contributed by atoms with E-state index < -0.39 is 12.1 Å². The summed E-state index contributed by atoms with van der Waals surface area (Å²) >= 11 is 0. The summed E-state index contributed by atoms with van der Waals surface area (Å²) in [4.78, 5) is 10.3. The lowest BCUT2D eigenvalue weighted by Crippen LogP contribution is -2.36. The van der Waals surface area contributed by atoms with Crippen LogP contribution in [-0.2, 0) is 4.74 Å². The highest BCUT2D eigenvalue weighted by Gasteiger charge is 2.36. The first-order valence-corrected chi connectivity index (χ1v) is 7.00. The minimum atomic E-state index is -2.57. The molecule has 0 atom stereocenters. The van der Waals surface area contributed by atoms with Gasteiger partial charge in [0, 0.05) is 6.42 Å². The van der Waals surface area contributed by atoms with Crippen molar-refractivity contribution in [1.29, 1.82) is 0 Å². The number of ether oxygens (including phenoxy) is 1. The minimum Gasteiger partial charge on any atom is -0.450 e. The Morgan fingerprint density at radius 3 is 2.32 bits per heavy atom. The Morgan fingerprint density at radius 2 is 1.89 bits per heavy atom. The molecule has 0 bridgehead atoms. The van der Waals surface area contributed by atoms with Gasteiger partial charge >= 0.3 is 12.1 Å². The largest absolute Gasteiger partial charge is 0.510 e. The Kier molecular flexibility index (Phi) is 5.21. The second kappa shape index (κ2) is 6.09. The number of hydrogen-bond donors (Lipinski definition) is 3. The van der Waals surface area contributed by atoms with Crippen molar-refractivity contribution in [2.24, 2.45) is 17.3 Å². The molecule has 0 heterocycles. The summed E-state index contributed by atoms with van der Waals surface area (Å²) in [6.07, 6.45) is 3.19. The van der Waals surface area contributed by atoms with E-state index in [1.54, 1.807) is 0 Å². The Bertz CT molecular complexity index is 303. The zero-order chi connectivity index (χ0) is 14.7. The van der Waals surface area contributed by atoms with Gasteiger partial charge in [0.15, 0.2) is 0 Å². The van der Waals surface area contributed by atoms with Crippen LogP contribution in [0.3, 0.4) is 0 Å². The molecule has 0 aromatic carbocycles. The first-order chi connectivity index (χ1) is 8.64. The van der Waals surface area contributed by atoms with Gasteiger partial charge in [-0.15, -0.1) is 0 Å². The number of carboxylic acid groups (broad SMARTS) is 1. The van der Waals surface area contributed by atoms with Crippen LogP contribution < -0.4 is 0 Å².